The first kappa shape index (κ1) is 13.1. The molecule has 0 aliphatic carbocycles. The van der Waals surface area contributed by atoms with Crippen LogP contribution >= 0.6 is 0 Å². The average Bonchev–Trinajstić information content (AvgIpc) is 2.36. The molecule has 0 saturated carbocycles. The summed E-state index contributed by atoms with van der Waals surface area (Å²) < 4.78 is 43.2. The second kappa shape index (κ2) is 4.42. The van der Waals surface area contributed by atoms with E-state index in [1.54, 1.807) is 0 Å². The van der Waals surface area contributed by atoms with Crippen molar-refractivity contribution < 1.29 is 22.7 Å². The Bertz CT molecular complexity index is 542. The number of aliphatic imine (C=N–C) groups is 1. The SMILES string of the molecule is COC1=CC2=NC(C(F)(F)F)C(C#N)C(=O)N2C=C1. The van der Waals surface area contributed by atoms with Crippen molar-refractivity contribution in [1.82, 2.24) is 4.90 Å². The van der Waals surface area contributed by atoms with Crippen LogP contribution < -0.4 is 0 Å². The van der Waals surface area contributed by atoms with Gasteiger partial charge >= 0.3 is 6.18 Å². The van der Waals surface area contributed by atoms with Crippen molar-refractivity contribution in [3.63, 3.8) is 0 Å². The zero-order chi connectivity index (χ0) is 14.2. The lowest BCUT2D eigenvalue weighted by Gasteiger charge is -2.32. The van der Waals surface area contributed by atoms with Gasteiger partial charge in [0.1, 0.15) is 11.6 Å². The number of ether oxygens (including phenoxy) is 1. The number of methoxy groups -OCH3 is 1. The lowest BCUT2D eigenvalue weighted by molar-refractivity contribution is -0.164. The molecule has 0 aromatic carbocycles. The molecule has 2 unspecified atom stereocenters. The summed E-state index contributed by atoms with van der Waals surface area (Å²) in [6.45, 7) is 0. The van der Waals surface area contributed by atoms with Crippen molar-refractivity contribution in [2.24, 2.45) is 10.9 Å². The molecule has 2 rings (SSSR count). The van der Waals surface area contributed by atoms with Crippen LogP contribution in [0.2, 0.25) is 0 Å². The van der Waals surface area contributed by atoms with Gasteiger partial charge in [-0.2, -0.15) is 18.4 Å². The second-order valence-electron chi connectivity index (χ2n) is 3.86. The Morgan fingerprint density at radius 2 is 2.21 bits per heavy atom. The predicted molar refractivity (Wildman–Crippen MR) is 57.5 cm³/mol. The van der Waals surface area contributed by atoms with Gasteiger partial charge in [-0.05, 0) is 6.08 Å². The average molecular weight is 271 g/mol. The monoisotopic (exact) mass is 271 g/mol. The third-order valence-electron chi connectivity index (χ3n) is 2.71. The standard InChI is InChI=1S/C11H8F3N3O2/c1-19-6-2-3-17-8(4-6)16-9(11(12,13)14)7(5-15)10(17)18/h2-4,7,9H,1H3. The van der Waals surface area contributed by atoms with Crippen LogP contribution in [0.15, 0.2) is 29.1 Å². The maximum absolute atomic E-state index is 12.8. The van der Waals surface area contributed by atoms with Gasteiger partial charge in [-0.1, -0.05) is 0 Å². The molecular formula is C11H8F3N3O2. The number of carbonyl (C=O) groups is 1. The Morgan fingerprint density at radius 3 is 2.74 bits per heavy atom. The summed E-state index contributed by atoms with van der Waals surface area (Å²) in [5.41, 5.74) is 0. The minimum atomic E-state index is -4.75. The topological polar surface area (TPSA) is 65.7 Å². The normalized spacial score (nSPS) is 26.3. The number of nitrogens with zero attached hydrogens (tertiary/aromatic N) is 3. The minimum absolute atomic E-state index is 0.182. The van der Waals surface area contributed by atoms with E-state index in [2.05, 4.69) is 4.99 Å². The van der Waals surface area contributed by atoms with Crippen LogP contribution in [0.4, 0.5) is 13.2 Å². The summed E-state index contributed by atoms with van der Waals surface area (Å²) in [6.07, 6.45) is -0.905. The summed E-state index contributed by atoms with van der Waals surface area (Å²) in [5.74, 6) is -2.72. The van der Waals surface area contributed by atoms with Crippen molar-refractivity contribution in [3.8, 4) is 6.07 Å². The van der Waals surface area contributed by atoms with Crippen LogP contribution in [0, 0.1) is 17.2 Å². The van der Waals surface area contributed by atoms with Crippen LogP contribution in [-0.2, 0) is 9.53 Å². The lowest BCUT2D eigenvalue weighted by Crippen LogP contribution is -2.50. The van der Waals surface area contributed by atoms with Crippen molar-refractivity contribution >= 4 is 11.7 Å². The number of halogens is 3. The third kappa shape index (κ3) is 2.19. The van der Waals surface area contributed by atoms with Gasteiger partial charge in [-0.15, -0.1) is 0 Å². The summed E-state index contributed by atoms with van der Waals surface area (Å²) in [7, 11) is 1.34. The largest absolute Gasteiger partial charge is 0.497 e. The summed E-state index contributed by atoms with van der Waals surface area (Å²) in [5, 5.41) is 8.75. The highest BCUT2D eigenvalue weighted by atomic mass is 19.4. The molecule has 2 aliphatic rings. The van der Waals surface area contributed by atoms with Crippen molar-refractivity contribution in [2.45, 2.75) is 12.2 Å². The predicted octanol–water partition coefficient (Wildman–Crippen LogP) is 1.36. The molecule has 0 radical (unpaired) electrons. The minimum Gasteiger partial charge on any atom is -0.497 e. The van der Waals surface area contributed by atoms with Gasteiger partial charge in [0.2, 0.25) is 0 Å². The molecule has 2 heterocycles. The molecule has 1 amide bonds. The molecule has 0 aromatic heterocycles. The molecule has 0 spiro atoms. The van der Waals surface area contributed by atoms with Crippen LogP contribution in [0.1, 0.15) is 0 Å². The summed E-state index contributed by atoms with van der Waals surface area (Å²) in [6, 6.07) is -0.985. The fraction of sp³-hybridized carbons (Fsp3) is 0.364. The molecule has 19 heavy (non-hydrogen) atoms. The van der Waals surface area contributed by atoms with Gasteiger partial charge in [-0.25, -0.2) is 0 Å². The second-order valence-corrected chi connectivity index (χ2v) is 3.86. The number of allylic oxidation sites excluding steroid dienone is 1. The number of alkyl halides is 3. The molecule has 0 bridgehead atoms. The number of amidine groups is 1. The van der Waals surface area contributed by atoms with Gasteiger partial charge in [0.05, 0.1) is 13.2 Å². The van der Waals surface area contributed by atoms with Crippen LogP contribution in [0.3, 0.4) is 0 Å². The first-order chi connectivity index (χ1) is 8.88. The van der Waals surface area contributed by atoms with E-state index in [1.165, 1.54) is 31.5 Å². The number of fused-ring (bicyclic) bond motifs is 1. The molecule has 5 nitrogen and oxygen atoms in total. The van der Waals surface area contributed by atoms with E-state index in [1.807, 2.05) is 0 Å². The van der Waals surface area contributed by atoms with Crippen molar-refractivity contribution in [2.75, 3.05) is 7.11 Å². The van der Waals surface area contributed by atoms with Gasteiger partial charge in [-0.3, -0.25) is 14.7 Å². The molecule has 0 saturated heterocycles. The first-order valence-corrected chi connectivity index (χ1v) is 5.19. The lowest BCUT2D eigenvalue weighted by atomic mass is 9.97. The quantitative estimate of drug-likeness (QED) is 0.723. The maximum atomic E-state index is 12.8. The zero-order valence-electron chi connectivity index (χ0n) is 9.68. The molecule has 100 valence electrons. The van der Waals surface area contributed by atoms with Gasteiger partial charge in [0.15, 0.2) is 12.0 Å². The Labute approximate surface area is 106 Å². The van der Waals surface area contributed by atoms with Crippen molar-refractivity contribution in [1.29, 1.82) is 5.26 Å². The van der Waals surface area contributed by atoms with Crippen LogP contribution in [0.5, 0.6) is 0 Å². The van der Waals surface area contributed by atoms with E-state index in [4.69, 9.17) is 10.00 Å². The van der Waals surface area contributed by atoms with Gasteiger partial charge < -0.3 is 4.74 Å². The Morgan fingerprint density at radius 1 is 1.53 bits per heavy atom. The van der Waals surface area contributed by atoms with E-state index < -0.39 is 24.0 Å². The van der Waals surface area contributed by atoms with Crippen LogP contribution in [0.25, 0.3) is 0 Å². The summed E-state index contributed by atoms with van der Waals surface area (Å²) in [4.78, 5) is 16.2. The fourth-order valence-corrected chi connectivity index (χ4v) is 1.77. The van der Waals surface area contributed by atoms with Gasteiger partial charge in [0.25, 0.3) is 5.91 Å². The van der Waals surface area contributed by atoms with Gasteiger partial charge in [0, 0.05) is 12.3 Å². The molecule has 0 N–H and O–H groups in total. The Hall–Kier alpha value is -2.30. The number of amides is 1. The Kier molecular flexibility index (Phi) is 3.06. The summed E-state index contributed by atoms with van der Waals surface area (Å²) >= 11 is 0. The smallest absolute Gasteiger partial charge is 0.412 e. The van der Waals surface area contributed by atoms with E-state index in [0.717, 1.165) is 4.90 Å². The Balaban J connectivity index is 2.49. The highest BCUT2D eigenvalue weighted by Crippen LogP contribution is 2.33. The molecule has 2 atom stereocenters. The number of nitriles is 1. The molecule has 8 heteroatoms. The van der Waals surface area contributed by atoms with E-state index in [9.17, 15) is 18.0 Å². The number of hydrogen-bond donors (Lipinski definition) is 0. The number of rotatable bonds is 1. The van der Waals surface area contributed by atoms with Crippen molar-refractivity contribution in [3.05, 3.63) is 24.1 Å². The third-order valence-corrected chi connectivity index (χ3v) is 2.71. The van der Waals surface area contributed by atoms with Crippen LogP contribution in [-0.4, -0.2) is 36.0 Å². The van der Waals surface area contributed by atoms with E-state index in [0.29, 0.717) is 0 Å². The fourth-order valence-electron chi connectivity index (χ4n) is 1.77. The number of carbonyl (C=O) groups excluding carboxylic acids is 1. The zero-order valence-corrected chi connectivity index (χ0v) is 9.68. The number of hydrogen-bond acceptors (Lipinski definition) is 4. The first-order valence-electron chi connectivity index (χ1n) is 5.19. The van der Waals surface area contributed by atoms with E-state index in [-0.39, 0.29) is 11.6 Å². The van der Waals surface area contributed by atoms with E-state index >= 15 is 0 Å². The molecule has 0 aromatic rings. The maximum Gasteiger partial charge on any atom is 0.412 e. The molecule has 2 aliphatic heterocycles. The highest BCUT2D eigenvalue weighted by molar-refractivity contribution is 6.09. The molecule has 0 fully saturated rings. The molecular weight excluding hydrogens is 263 g/mol. The highest BCUT2D eigenvalue weighted by Gasteiger charge is 2.52.